The maximum Gasteiger partial charge on any atom is 0.257 e. The van der Waals surface area contributed by atoms with E-state index in [0.29, 0.717) is 22.8 Å². The van der Waals surface area contributed by atoms with Crippen LogP contribution < -0.4 is 4.74 Å². The van der Waals surface area contributed by atoms with Gasteiger partial charge in [0.2, 0.25) is 0 Å². The Morgan fingerprint density at radius 3 is 2.55 bits per heavy atom. The summed E-state index contributed by atoms with van der Waals surface area (Å²) in [7, 11) is 0. The topological polar surface area (TPSA) is 58.8 Å². The summed E-state index contributed by atoms with van der Waals surface area (Å²) < 4.78 is 5.65. The number of nitriles is 1. The lowest BCUT2D eigenvalue weighted by atomic mass is 10.0. The van der Waals surface area contributed by atoms with Crippen molar-refractivity contribution >= 4 is 11.6 Å². The van der Waals surface area contributed by atoms with Gasteiger partial charge in [0.25, 0.3) is 5.88 Å². The molecular weight excluding hydrogens is 274 g/mol. The van der Waals surface area contributed by atoms with Crippen LogP contribution in [0, 0.1) is 11.3 Å². The first-order valence-corrected chi connectivity index (χ1v) is 6.79. The second-order valence-electron chi connectivity index (χ2n) is 4.16. The van der Waals surface area contributed by atoms with E-state index in [0.717, 1.165) is 17.7 Å². The Hall–Kier alpha value is -2.12. The Bertz CT molecular complexity index is 665. The van der Waals surface area contributed by atoms with Gasteiger partial charge in [-0.15, -0.1) is 5.10 Å². The van der Waals surface area contributed by atoms with Crippen LogP contribution in [0.5, 0.6) is 11.6 Å². The third-order valence-corrected chi connectivity index (χ3v) is 3.28. The number of ether oxygens (including phenoxy) is 1. The molecule has 102 valence electrons. The van der Waals surface area contributed by atoms with Gasteiger partial charge in [-0.1, -0.05) is 37.6 Å². The highest BCUT2D eigenvalue weighted by molar-refractivity contribution is 6.32. The van der Waals surface area contributed by atoms with E-state index in [9.17, 15) is 5.26 Å². The highest BCUT2D eigenvalue weighted by atomic mass is 35.5. The molecule has 2 aromatic rings. The van der Waals surface area contributed by atoms with Crippen molar-refractivity contribution < 1.29 is 4.74 Å². The normalized spacial score (nSPS) is 10.1. The predicted molar refractivity (Wildman–Crippen MR) is 77.0 cm³/mol. The Morgan fingerprint density at radius 2 is 1.95 bits per heavy atom. The molecule has 0 atom stereocenters. The fourth-order valence-corrected chi connectivity index (χ4v) is 2.15. The van der Waals surface area contributed by atoms with E-state index in [4.69, 9.17) is 16.3 Å². The molecule has 4 nitrogen and oxygen atoms in total. The molecule has 0 amide bonds. The molecule has 20 heavy (non-hydrogen) atoms. The Balaban J connectivity index is 2.48. The summed E-state index contributed by atoms with van der Waals surface area (Å²) in [5.74, 6) is 0.668. The van der Waals surface area contributed by atoms with Crippen molar-refractivity contribution in [2.45, 2.75) is 26.7 Å². The number of rotatable bonds is 4. The third kappa shape index (κ3) is 2.73. The first-order valence-electron chi connectivity index (χ1n) is 6.42. The van der Waals surface area contributed by atoms with Crippen molar-refractivity contribution in [2.24, 2.45) is 0 Å². The molecule has 0 N–H and O–H groups in total. The number of aryl methyl sites for hydroxylation is 1. The van der Waals surface area contributed by atoms with Crippen LogP contribution in [0.25, 0.3) is 0 Å². The standard InChI is InChI=1S/C15H14ClN3O/c1-3-10-11(9-17)15(19-18-13(10)4-2)20-14-8-6-5-7-12(14)16/h5-8H,3-4H2,1-2H3. The predicted octanol–water partition coefficient (Wildman–Crippen LogP) is 3.92. The third-order valence-electron chi connectivity index (χ3n) is 2.97. The molecule has 0 aliphatic rings. The summed E-state index contributed by atoms with van der Waals surface area (Å²) >= 11 is 6.05. The van der Waals surface area contributed by atoms with Gasteiger partial charge in [-0.05, 0) is 30.5 Å². The molecule has 5 heteroatoms. The van der Waals surface area contributed by atoms with Crippen LogP contribution in [0.15, 0.2) is 24.3 Å². The minimum Gasteiger partial charge on any atom is -0.435 e. The lowest BCUT2D eigenvalue weighted by molar-refractivity contribution is 0.451. The van der Waals surface area contributed by atoms with Crippen molar-refractivity contribution in [3.8, 4) is 17.7 Å². The number of halogens is 1. The maximum atomic E-state index is 9.37. The summed E-state index contributed by atoms with van der Waals surface area (Å²) in [6.07, 6.45) is 1.44. The zero-order valence-electron chi connectivity index (χ0n) is 11.4. The van der Waals surface area contributed by atoms with Crippen molar-refractivity contribution in [3.05, 3.63) is 46.1 Å². The van der Waals surface area contributed by atoms with E-state index >= 15 is 0 Å². The average Bonchev–Trinajstić information content (AvgIpc) is 2.48. The first kappa shape index (κ1) is 14.3. The van der Waals surface area contributed by atoms with E-state index in [1.165, 1.54) is 0 Å². The van der Waals surface area contributed by atoms with Crippen LogP contribution in [0.1, 0.15) is 30.7 Å². The molecule has 0 unspecified atom stereocenters. The van der Waals surface area contributed by atoms with Gasteiger partial charge in [-0.25, -0.2) is 0 Å². The fourth-order valence-electron chi connectivity index (χ4n) is 1.97. The number of para-hydroxylation sites is 1. The zero-order chi connectivity index (χ0) is 14.5. The molecule has 1 aromatic heterocycles. The summed E-state index contributed by atoms with van der Waals surface area (Å²) in [5, 5.41) is 18.0. The van der Waals surface area contributed by atoms with Crippen LogP contribution in [-0.2, 0) is 12.8 Å². The van der Waals surface area contributed by atoms with Crippen molar-refractivity contribution in [1.29, 1.82) is 5.26 Å². The largest absolute Gasteiger partial charge is 0.435 e. The molecule has 1 heterocycles. The summed E-state index contributed by atoms with van der Waals surface area (Å²) in [5.41, 5.74) is 2.14. The van der Waals surface area contributed by atoms with Crippen molar-refractivity contribution in [1.82, 2.24) is 10.2 Å². The molecule has 0 spiro atoms. The van der Waals surface area contributed by atoms with E-state index in [2.05, 4.69) is 16.3 Å². The van der Waals surface area contributed by atoms with E-state index in [-0.39, 0.29) is 5.88 Å². The van der Waals surface area contributed by atoms with E-state index < -0.39 is 0 Å². The number of hydrogen-bond acceptors (Lipinski definition) is 4. The van der Waals surface area contributed by atoms with Gasteiger partial charge in [-0.2, -0.15) is 10.4 Å². The molecule has 0 aliphatic carbocycles. The smallest absolute Gasteiger partial charge is 0.257 e. The van der Waals surface area contributed by atoms with Gasteiger partial charge < -0.3 is 4.74 Å². The Morgan fingerprint density at radius 1 is 1.20 bits per heavy atom. The second-order valence-corrected chi connectivity index (χ2v) is 4.56. The molecule has 0 radical (unpaired) electrons. The Labute approximate surface area is 123 Å². The average molecular weight is 288 g/mol. The lowest BCUT2D eigenvalue weighted by Gasteiger charge is -2.11. The fraction of sp³-hybridized carbons (Fsp3) is 0.267. The summed E-state index contributed by atoms with van der Waals surface area (Å²) in [4.78, 5) is 0. The van der Waals surface area contributed by atoms with Crippen molar-refractivity contribution in [2.75, 3.05) is 0 Å². The molecule has 0 saturated heterocycles. The van der Waals surface area contributed by atoms with Gasteiger partial charge >= 0.3 is 0 Å². The molecule has 0 aliphatic heterocycles. The molecule has 2 rings (SSSR count). The molecule has 1 aromatic carbocycles. The van der Waals surface area contributed by atoms with Crippen LogP contribution >= 0.6 is 11.6 Å². The van der Waals surface area contributed by atoms with Gasteiger partial charge in [0.1, 0.15) is 17.4 Å². The molecular formula is C15H14ClN3O. The van der Waals surface area contributed by atoms with Gasteiger partial charge in [0, 0.05) is 0 Å². The SMILES string of the molecule is CCc1nnc(Oc2ccccc2Cl)c(C#N)c1CC. The molecule has 0 fully saturated rings. The maximum absolute atomic E-state index is 9.37. The highest BCUT2D eigenvalue weighted by Gasteiger charge is 2.16. The van der Waals surface area contributed by atoms with Crippen LogP contribution in [0.2, 0.25) is 5.02 Å². The van der Waals surface area contributed by atoms with Crippen LogP contribution in [0.3, 0.4) is 0 Å². The minimum atomic E-state index is 0.203. The lowest BCUT2D eigenvalue weighted by Crippen LogP contribution is -2.05. The number of benzene rings is 1. The van der Waals surface area contributed by atoms with Crippen LogP contribution in [-0.4, -0.2) is 10.2 Å². The second kappa shape index (κ2) is 6.36. The number of hydrogen-bond donors (Lipinski definition) is 0. The summed E-state index contributed by atoms with van der Waals surface area (Å²) in [6.45, 7) is 3.97. The van der Waals surface area contributed by atoms with Gasteiger partial charge in [0.05, 0.1) is 10.7 Å². The molecule has 0 saturated carbocycles. The zero-order valence-corrected chi connectivity index (χ0v) is 12.1. The number of nitrogens with zero attached hydrogens (tertiary/aromatic N) is 3. The Kier molecular flexibility index (Phi) is 4.54. The van der Waals surface area contributed by atoms with E-state index in [1.54, 1.807) is 12.1 Å². The monoisotopic (exact) mass is 287 g/mol. The quantitative estimate of drug-likeness (QED) is 0.855. The highest BCUT2D eigenvalue weighted by Crippen LogP contribution is 2.31. The first-order chi connectivity index (χ1) is 9.71. The van der Waals surface area contributed by atoms with Gasteiger partial charge in [-0.3, -0.25) is 0 Å². The van der Waals surface area contributed by atoms with Gasteiger partial charge in [0.15, 0.2) is 0 Å². The van der Waals surface area contributed by atoms with E-state index in [1.807, 2.05) is 26.0 Å². The molecule has 0 bridgehead atoms. The van der Waals surface area contributed by atoms with Crippen LogP contribution in [0.4, 0.5) is 0 Å². The number of aromatic nitrogens is 2. The summed E-state index contributed by atoms with van der Waals surface area (Å²) in [6, 6.07) is 9.22. The van der Waals surface area contributed by atoms with Crippen molar-refractivity contribution in [3.63, 3.8) is 0 Å². The minimum absolute atomic E-state index is 0.203.